The van der Waals surface area contributed by atoms with Gasteiger partial charge < -0.3 is 19.7 Å². The molecule has 2 amide bonds. The number of sulfonamides is 1. The smallest absolute Gasteiger partial charge is 0.264 e. The van der Waals surface area contributed by atoms with E-state index in [1.807, 2.05) is 32.9 Å². The molecule has 0 radical (unpaired) electrons. The number of methoxy groups -OCH3 is 2. The largest absolute Gasteiger partial charge is 0.497 e. The highest BCUT2D eigenvalue weighted by molar-refractivity contribution is 9.10. The van der Waals surface area contributed by atoms with Crippen molar-refractivity contribution in [3.8, 4) is 11.5 Å². The van der Waals surface area contributed by atoms with Gasteiger partial charge in [0.1, 0.15) is 24.1 Å². The van der Waals surface area contributed by atoms with E-state index in [0.29, 0.717) is 34.6 Å². The second-order valence-corrected chi connectivity index (χ2v) is 12.4. The van der Waals surface area contributed by atoms with Crippen LogP contribution in [0.1, 0.15) is 37.8 Å². The lowest BCUT2D eigenvalue weighted by Gasteiger charge is -2.33. The predicted octanol–water partition coefficient (Wildman–Crippen LogP) is 5.30. The maximum atomic E-state index is 14.1. The Balaban J connectivity index is 2.06. The highest BCUT2D eigenvalue weighted by atomic mass is 79.9. The van der Waals surface area contributed by atoms with Crippen LogP contribution in [-0.4, -0.2) is 58.5 Å². The Hall–Kier alpha value is -3.57. The standard InChI is InChI=1S/C31H38BrN3O6S/c1-6-18-33-31(37)28(7-2)34(20-23-10-14-25(40-4)15-11-23)30(36)21-35(24-12-8-22(3)9-13-24)42(38,39)26-16-17-29(41-5)27(32)19-26/h8-17,19,28H,6-7,18,20-21H2,1-5H3,(H,33,37)/t28-/m1/s1. The summed E-state index contributed by atoms with van der Waals surface area (Å²) in [5.74, 6) is 0.333. The van der Waals surface area contributed by atoms with Crippen LogP contribution >= 0.6 is 15.9 Å². The number of ether oxygens (including phenoxy) is 2. The van der Waals surface area contributed by atoms with Gasteiger partial charge in [-0.15, -0.1) is 0 Å². The Morgan fingerprint density at radius 3 is 2.17 bits per heavy atom. The minimum Gasteiger partial charge on any atom is -0.497 e. The molecule has 0 aliphatic rings. The van der Waals surface area contributed by atoms with Gasteiger partial charge >= 0.3 is 0 Å². The third-order valence-electron chi connectivity index (χ3n) is 6.76. The molecule has 0 aliphatic carbocycles. The molecule has 0 aromatic heterocycles. The molecule has 0 fully saturated rings. The fraction of sp³-hybridized carbons (Fsp3) is 0.355. The monoisotopic (exact) mass is 659 g/mol. The number of halogens is 1. The van der Waals surface area contributed by atoms with E-state index < -0.39 is 28.5 Å². The molecule has 0 saturated heterocycles. The Bertz CT molecular complexity index is 1460. The van der Waals surface area contributed by atoms with Gasteiger partial charge in [-0.2, -0.15) is 0 Å². The molecule has 0 bridgehead atoms. The lowest BCUT2D eigenvalue weighted by Crippen LogP contribution is -2.52. The summed E-state index contributed by atoms with van der Waals surface area (Å²) in [6, 6.07) is 17.7. The lowest BCUT2D eigenvalue weighted by atomic mass is 10.1. The number of carbonyl (C=O) groups is 2. The molecule has 0 heterocycles. The summed E-state index contributed by atoms with van der Waals surface area (Å²) in [6.45, 7) is 5.73. The third kappa shape index (κ3) is 8.04. The van der Waals surface area contributed by atoms with E-state index in [9.17, 15) is 18.0 Å². The zero-order valence-electron chi connectivity index (χ0n) is 24.6. The number of aryl methyl sites for hydroxylation is 1. The number of benzene rings is 3. The summed E-state index contributed by atoms with van der Waals surface area (Å²) in [6.07, 6.45) is 1.09. The molecule has 0 aliphatic heterocycles. The second-order valence-electron chi connectivity index (χ2n) is 9.73. The van der Waals surface area contributed by atoms with Crippen molar-refractivity contribution in [2.45, 2.75) is 51.1 Å². The van der Waals surface area contributed by atoms with Gasteiger partial charge in [-0.1, -0.05) is 43.7 Å². The molecule has 3 aromatic rings. The van der Waals surface area contributed by atoms with E-state index in [2.05, 4.69) is 21.2 Å². The van der Waals surface area contributed by atoms with Crippen LogP contribution in [0.2, 0.25) is 0 Å². The zero-order valence-corrected chi connectivity index (χ0v) is 27.0. The molecular formula is C31H38BrN3O6S. The molecule has 3 rings (SSSR count). The Morgan fingerprint density at radius 2 is 1.62 bits per heavy atom. The van der Waals surface area contributed by atoms with Gasteiger partial charge in [0.2, 0.25) is 11.8 Å². The minimum atomic E-state index is -4.21. The lowest BCUT2D eigenvalue weighted by molar-refractivity contribution is -0.140. The van der Waals surface area contributed by atoms with E-state index in [1.54, 1.807) is 49.6 Å². The van der Waals surface area contributed by atoms with Crippen LogP contribution in [0.4, 0.5) is 5.69 Å². The predicted molar refractivity (Wildman–Crippen MR) is 167 cm³/mol. The van der Waals surface area contributed by atoms with E-state index >= 15 is 0 Å². The van der Waals surface area contributed by atoms with E-state index in [-0.39, 0.29) is 17.3 Å². The maximum Gasteiger partial charge on any atom is 0.264 e. The molecule has 1 N–H and O–H groups in total. The number of amides is 2. The number of carbonyl (C=O) groups excluding carboxylic acids is 2. The summed E-state index contributed by atoms with van der Waals surface area (Å²) in [4.78, 5) is 28.8. The molecule has 42 heavy (non-hydrogen) atoms. The quantitative estimate of drug-likeness (QED) is 0.252. The SMILES string of the molecule is CCCNC(=O)[C@@H](CC)N(Cc1ccc(OC)cc1)C(=O)CN(c1ccc(C)cc1)S(=O)(=O)c1ccc(OC)c(Br)c1. The molecule has 11 heteroatoms. The van der Waals surface area contributed by atoms with Crippen LogP contribution in [0.3, 0.4) is 0 Å². The number of hydrogen-bond donors (Lipinski definition) is 1. The number of hydrogen-bond acceptors (Lipinski definition) is 6. The minimum absolute atomic E-state index is 0.0158. The van der Waals surface area contributed by atoms with Gasteiger partial charge in [0.15, 0.2) is 0 Å². The first-order chi connectivity index (χ1) is 20.0. The molecule has 0 saturated carbocycles. The first kappa shape index (κ1) is 32.9. The highest BCUT2D eigenvalue weighted by Crippen LogP contribution is 2.31. The first-order valence-corrected chi connectivity index (χ1v) is 15.9. The fourth-order valence-electron chi connectivity index (χ4n) is 4.39. The Morgan fingerprint density at radius 1 is 0.952 bits per heavy atom. The van der Waals surface area contributed by atoms with Gasteiger partial charge in [0.25, 0.3) is 10.0 Å². The molecule has 0 spiro atoms. The van der Waals surface area contributed by atoms with Crippen molar-refractivity contribution < 1.29 is 27.5 Å². The molecular weight excluding hydrogens is 622 g/mol. The normalized spacial score (nSPS) is 11.9. The molecule has 1 atom stereocenters. The molecule has 0 unspecified atom stereocenters. The average Bonchev–Trinajstić information content (AvgIpc) is 2.99. The topological polar surface area (TPSA) is 105 Å². The third-order valence-corrected chi connectivity index (χ3v) is 9.15. The van der Waals surface area contributed by atoms with Gasteiger partial charge in [-0.25, -0.2) is 8.42 Å². The maximum absolute atomic E-state index is 14.1. The summed E-state index contributed by atoms with van der Waals surface area (Å²) in [5.41, 5.74) is 2.04. The van der Waals surface area contributed by atoms with Crippen molar-refractivity contribution in [1.29, 1.82) is 0 Å². The van der Waals surface area contributed by atoms with Gasteiger partial charge in [0.05, 0.1) is 29.3 Å². The number of nitrogens with zero attached hydrogens (tertiary/aromatic N) is 2. The summed E-state index contributed by atoms with van der Waals surface area (Å²) < 4.78 is 40.2. The van der Waals surface area contributed by atoms with Crippen molar-refractivity contribution in [2.24, 2.45) is 0 Å². The Kier molecular flexibility index (Phi) is 11.8. The molecule has 226 valence electrons. The molecule has 3 aromatic carbocycles. The van der Waals surface area contributed by atoms with Crippen LogP contribution in [0.15, 0.2) is 76.1 Å². The van der Waals surface area contributed by atoms with Crippen molar-refractivity contribution in [1.82, 2.24) is 10.2 Å². The number of anilines is 1. The van der Waals surface area contributed by atoms with E-state index in [1.165, 1.54) is 24.1 Å². The van der Waals surface area contributed by atoms with Gasteiger partial charge in [-0.3, -0.25) is 13.9 Å². The zero-order chi connectivity index (χ0) is 30.9. The summed E-state index contributed by atoms with van der Waals surface area (Å²) in [7, 11) is -1.15. The van der Waals surface area contributed by atoms with E-state index in [0.717, 1.165) is 21.9 Å². The molecule has 9 nitrogen and oxygen atoms in total. The second kappa shape index (κ2) is 15.1. The Labute approximate surface area is 257 Å². The highest BCUT2D eigenvalue weighted by Gasteiger charge is 2.34. The van der Waals surface area contributed by atoms with Crippen LogP contribution in [0.25, 0.3) is 0 Å². The first-order valence-electron chi connectivity index (χ1n) is 13.7. The van der Waals surface area contributed by atoms with Crippen LogP contribution < -0.4 is 19.1 Å². The van der Waals surface area contributed by atoms with Crippen LogP contribution in [0, 0.1) is 6.92 Å². The van der Waals surface area contributed by atoms with Gasteiger partial charge in [-0.05, 0) is 83.7 Å². The number of nitrogens with one attached hydrogen (secondary N) is 1. The van der Waals surface area contributed by atoms with Crippen molar-refractivity contribution in [2.75, 3.05) is 31.6 Å². The number of rotatable bonds is 14. The average molecular weight is 661 g/mol. The fourth-order valence-corrected chi connectivity index (χ4v) is 6.52. The summed E-state index contributed by atoms with van der Waals surface area (Å²) >= 11 is 3.36. The van der Waals surface area contributed by atoms with Crippen molar-refractivity contribution in [3.63, 3.8) is 0 Å². The summed E-state index contributed by atoms with van der Waals surface area (Å²) in [5, 5.41) is 2.89. The van der Waals surface area contributed by atoms with E-state index in [4.69, 9.17) is 9.47 Å². The van der Waals surface area contributed by atoms with Gasteiger partial charge in [0, 0.05) is 13.1 Å². The van der Waals surface area contributed by atoms with Crippen LogP contribution in [-0.2, 0) is 26.2 Å². The van der Waals surface area contributed by atoms with Crippen molar-refractivity contribution in [3.05, 3.63) is 82.3 Å². The van der Waals surface area contributed by atoms with Crippen LogP contribution in [0.5, 0.6) is 11.5 Å². The van der Waals surface area contributed by atoms with Crippen molar-refractivity contribution >= 4 is 43.5 Å².